The lowest BCUT2D eigenvalue weighted by Gasteiger charge is -2.18. The van der Waals surface area contributed by atoms with Crippen LogP contribution in [0.4, 0.5) is 5.69 Å². The Bertz CT molecular complexity index is 922. The van der Waals surface area contributed by atoms with Crippen LogP contribution in [0, 0.1) is 9.87 Å². The van der Waals surface area contributed by atoms with Gasteiger partial charge in [-0.15, -0.1) is 11.3 Å². The maximum absolute atomic E-state index is 11.6. The number of aliphatic imine (C=N–C) groups is 1. The van der Waals surface area contributed by atoms with Crippen LogP contribution in [-0.4, -0.2) is 27.0 Å². The van der Waals surface area contributed by atoms with Gasteiger partial charge in [0.2, 0.25) is 5.88 Å². The van der Waals surface area contributed by atoms with Crippen molar-refractivity contribution in [1.29, 1.82) is 0 Å². The lowest BCUT2D eigenvalue weighted by Crippen LogP contribution is -2.23. The Labute approximate surface area is 148 Å². The van der Waals surface area contributed by atoms with Crippen LogP contribution < -0.4 is 0 Å². The molecule has 0 fully saturated rings. The van der Waals surface area contributed by atoms with Crippen molar-refractivity contribution in [3.8, 4) is 5.88 Å². The quantitative estimate of drug-likeness (QED) is 0.786. The third-order valence-electron chi connectivity index (χ3n) is 3.85. The summed E-state index contributed by atoms with van der Waals surface area (Å²) < 4.78 is 1.65. The predicted molar refractivity (Wildman–Crippen MR) is 98.8 cm³/mol. The molecule has 7 heteroatoms. The van der Waals surface area contributed by atoms with Crippen LogP contribution >= 0.6 is 23.6 Å². The van der Waals surface area contributed by atoms with Crippen LogP contribution in [0.2, 0.25) is 0 Å². The minimum atomic E-state index is -1.01. The number of carboxylic acid groups (broad SMARTS) is 1. The summed E-state index contributed by atoms with van der Waals surface area (Å²) in [6, 6.07) is 6.81. The van der Waals surface area contributed by atoms with Crippen LogP contribution in [-0.2, 0) is 4.79 Å². The molecule has 24 heavy (non-hydrogen) atoms. The lowest BCUT2D eigenvalue weighted by molar-refractivity contribution is -0.142. The molecule has 0 aliphatic carbocycles. The monoisotopic (exact) mass is 360 g/mol. The first-order valence-corrected chi connectivity index (χ1v) is 8.65. The van der Waals surface area contributed by atoms with E-state index in [9.17, 15) is 15.0 Å². The second-order valence-corrected chi connectivity index (χ2v) is 7.50. The molecule has 3 rings (SSSR count). The largest absolute Gasteiger partial charge is 0.493 e. The highest BCUT2D eigenvalue weighted by Gasteiger charge is 2.28. The maximum Gasteiger partial charge on any atom is 0.327 e. The first-order chi connectivity index (χ1) is 11.4. The van der Waals surface area contributed by atoms with E-state index < -0.39 is 12.0 Å². The lowest BCUT2D eigenvalue weighted by atomic mass is 10.0. The first kappa shape index (κ1) is 16.6. The van der Waals surface area contributed by atoms with Gasteiger partial charge >= 0.3 is 5.97 Å². The van der Waals surface area contributed by atoms with E-state index in [1.165, 1.54) is 15.9 Å². The number of benzene rings is 1. The molecule has 1 aromatic heterocycles. The van der Waals surface area contributed by atoms with Gasteiger partial charge in [-0.05, 0) is 30.3 Å². The Morgan fingerprint density at radius 1 is 1.38 bits per heavy atom. The van der Waals surface area contributed by atoms with Gasteiger partial charge in [-0.3, -0.25) is 9.56 Å². The number of thiazole rings is 1. The van der Waals surface area contributed by atoms with E-state index in [2.05, 4.69) is 4.99 Å². The van der Waals surface area contributed by atoms with Crippen molar-refractivity contribution in [3.63, 3.8) is 0 Å². The topological polar surface area (TPSA) is 74.8 Å². The molecular formula is C17H16N2O3S2. The summed E-state index contributed by atoms with van der Waals surface area (Å²) in [7, 11) is 0. The summed E-state index contributed by atoms with van der Waals surface area (Å²) in [6.07, 6.45) is 3.52. The number of aromatic hydroxyl groups is 1. The van der Waals surface area contributed by atoms with Gasteiger partial charge < -0.3 is 10.2 Å². The number of hydrogen-bond donors (Lipinski definition) is 2. The Morgan fingerprint density at radius 2 is 2.08 bits per heavy atom. The smallest absolute Gasteiger partial charge is 0.327 e. The fraction of sp³-hybridized carbons (Fsp3) is 0.235. The number of carbonyl (C=O) groups is 1. The maximum atomic E-state index is 11.6. The minimum absolute atomic E-state index is 0.114. The average molecular weight is 360 g/mol. The molecule has 0 spiro atoms. The van der Waals surface area contributed by atoms with Crippen molar-refractivity contribution < 1.29 is 15.0 Å². The number of allylic oxidation sites excluding steroid dienone is 1. The van der Waals surface area contributed by atoms with Crippen LogP contribution in [0.5, 0.6) is 5.88 Å². The summed E-state index contributed by atoms with van der Waals surface area (Å²) in [5, 5.41) is 20.0. The van der Waals surface area contributed by atoms with E-state index in [1.54, 1.807) is 26.1 Å². The molecule has 0 bridgehead atoms. The van der Waals surface area contributed by atoms with Crippen molar-refractivity contribution >= 4 is 53.1 Å². The predicted octanol–water partition coefficient (Wildman–Crippen LogP) is 4.52. The number of aromatic nitrogens is 1. The van der Waals surface area contributed by atoms with E-state index in [4.69, 9.17) is 12.2 Å². The van der Waals surface area contributed by atoms with Crippen molar-refractivity contribution in [3.05, 3.63) is 38.7 Å². The second-order valence-electron chi connectivity index (χ2n) is 5.83. The minimum Gasteiger partial charge on any atom is -0.493 e. The van der Waals surface area contributed by atoms with Crippen LogP contribution in [0.1, 0.15) is 30.3 Å². The van der Waals surface area contributed by atoms with E-state index in [-0.39, 0.29) is 11.8 Å². The Balaban J connectivity index is 2.08. The molecule has 124 valence electrons. The van der Waals surface area contributed by atoms with Crippen molar-refractivity contribution in [2.75, 3.05) is 0 Å². The summed E-state index contributed by atoms with van der Waals surface area (Å²) in [5.41, 5.74) is 2.71. The van der Waals surface area contributed by atoms with Crippen molar-refractivity contribution in [2.45, 2.75) is 19.9 Å². The number of para-hydroxylation sites is 1. The molecule has 2 aromatic rings. The highest BCUT2D eigenvalue weighted by Crippen LogP contribution is 2.37. The summed E-state index contributed by atoms with van der Waals surface area (Å²) in [5.74, 6) is -1.33. The SMILES string of the molecule is CC(C)C(C(=O)O)n1c(O)c(/C=C2/C=Nc3ccccc32)sc1=S. The zero-order valence-electron chi connectivity index (χ0n) is 13.1. The molecular weight excluding hydrogens is 344 g/mol. The molecule has 0 amide bonds. The summed E-state index contributed by atoms with van der Waals surface area (Å²) in [4.78, 5) is 16.4. The molecule has 0 radical (unpaired) electrons. The van der Waals surface area contributed by atoms with E-state index >= 15 is 0 Å². The van der Waals surface area contributed by atoms with Crippen molar-refractivity contribution in [2.24, 2.45) is 10.9 Å². The molecule has 1 aliphatic heterocycles. The van der Waals surface area contributed by atoms with Crippen LogP contribution in [0.3, 0.4) is 0 Å². The highest BCUT2D eigenvalue weighted by molar-refractivity contribution is 7.73. The van der Waals surface area contributed by atoms with Crippen molar-refractivity contribution in [1.82, 2.24) is 4.57 Å². The molecule has 2 heterocycles. The number of nitrogens with zero attached hydrogens (tertiary/aromatic N) is 2. The molecule has 1 aliphatic rings. The highest BCUT2D eigenvalue weighted by atomic mass is 32.1. The fourth-order valence-electron chi connectivity index (χ4n) is 2.72. The van der Waals surface area contributed by atoms with Crippen LogP contribution in [0.15, 0.2) is 29.3 Å². The summed E-state index contributed by atoms with van der Waals surface area (Å²) in [6.45, 7) is 3.57. The zero-order valence-corrected chi connectivity index (χ0v) is 14.8. The standard InChI is InChI=1S/C17H16N2O3S2/c1-9(2)14(16(21)22)19-15(20)13(24-17(19)23)7-10-8-18-12-6-4-3-5-11(10)12/h3-9,14,20H,1-2H3,(H,21,22)/b10-7-. The molecule has 1 atom stereocenters. The van der Waals surface area contributed by atoms with Gasteiger partial charge in [-0.2, -0.15) is 0 Å². The van der Waals surface area contributed by atoms with Gasteiger partial charge in [0.1, 0.15) is 6.04 Å². The van der Waals surface area contributed by atoms with Gasteiger partial charge in [0, 0.05) is 17.4 Å². The molecule has 5 nitrogen and oxygen atoms in total. The van der Waals surface area contributed by atoms with Gasteiger partial charge in [0.05, 0.1) is 10.6 Å². The Hall–Kier alpha value is -2.25. The van der Waals surface area contributed by atoms with E-state index in [1.807, 2.05) is 24.3 Å². The molecule has 1 aromatic carbocycles. The fourth-order valence-corrected chi connectivity index (χ4v) is 4.05. The average Bonchev–Trinajstić information content (AvgIpc) is 3.04. The number of aliphatic carboxylic acids is 1. The number of carboxylic acids is 1. The van der Waals surface area contributed by atoms with E-state index in [0.29, 0.717) is 8.83 Å². The van der Waals surface area contributed by atoms with E-state index in [0.717, 1.165) is 16.8 Å². The Kier molecular flexibility index (Phi) is 4.38. The first-order valence-electron chi connectivity index (χ1n) is 7.42. The molecule has 2 N–H and O–H groups in total. The Morgan fingerprint density at radius 3 is 2.75 bits per heavy atom. The molecule has 0 saturated heterocycles. The van der Waals surface area contributed by atoms with Gasteiger partial charge in [0.15, 0.2) is 3.95 Å². The second kappa shape index (κ2) is 6.33. The molecule has 1 unspecified atom stereocenters. The third kappa shape index (κ3) is 2.81. The zero-order chi connectivity index (χ0) is 17.4. The molecule has 0 saturated carbocycles. The number of rotatable bonds is 4. The van der Waals surface area contributed by atoms with Crippen LogP contribution in [0.25, 0.3) is 11.6 Å². The van der Waals surface area contributed by atoms with Gasteiger partial charge in [-0.25, -0.2) is 4.79 Å². The van der Waals surface area contributed by atoms with Gasteiger partial charge in [-0.1, -0.05) is 32.0 Å². The normalized spacial score (nSPS) is 15.9. The van der Waals surface area contributed by atoms with Gasteiger partial charge in [0.25, 0.3) is 0 Å². The number of hydrogen-bond acceptors (Lipinski definition) is 5. The third-order valence-corrected chi connectivity index (χ3v) is 5.19. The number of fused-ring (bicyclic) bond motifs is 1. The summed E-state index contributed by atoms with van der Waals surface area (Å²) >= 11 is 6.48.